The average Bonchev–Trinajstić information content (AvgIpc) is 2.37. The zero-order chi connectivity index (χ0) is 17.0. The van der Waals surface area contributed by atoms with E-state index in [1.54, 1.807) is 38.1 Å². The fraction of sp³-hybridized carbons (Fsp3) is 0.143. The Hall–Kier alpha value is -1.10. The molecule has 126 valence electrons. The van der Waals surface area contributed by atoms with Gasteiger partial charge in [-0.1, -0.05) is 13.8 Å². The van der Waals surface area contributed by atoms with Gasteiger partial charge in [-0.05, 0) is 9.79 Å². The van der Waals surface area contributed by atoms with E-state index in [0.29, 0.717) is 11.1 Å². The van der Waals surface area contributed by atoms with Gasteiger partial charge in [0.1, 0.15) is 0 Å². The molecule has 9 heteroatoms. The third-order valence-electron chi connectivity index (χ3n) is 2.62. The Morgan fingerprint density at radius 2 is 1.09 bits per heavy atom. The fourth-order valence-electron chi connectivity index (χ4n) is 1.54. The third-order valence-corrected chi connectivity index (χ3v) is 4.61. The Morgan fingerprint density at radius 3 is 1.26 bits per heavy atom. The van der Waals surface area contributed by atoms with E-state index >= 15 is 0 Å². The van der Waals surface area contributed by atoms with Gasteiger partial charge in [0, 0.05) is 0 Å². The second-order valence-electron chi connectivity index (χ2n) is 4.33. The number of rotatable bonds is 2. The molecule has 0 aliphatic carbocycles. The van der Waals surface area contributed by atoms with Gasteiger partial charge in [0.05, 0.1) is 0 Å². The molecule has 2 aromatic rings. The van der Waals surface area contributed by atoms with Crippen LogP contribution in [0.25, 0.3) is 0 Å². The number of hydrogen-bond donors (Lipinski definition) is 2. The summed E-state index contributed by atoms with van der Waals surface area (Å²) in [6.07, 6.45) is 0. The minimum absolute atomic E-state index is 0. The van der Waals surface area contributed by atoms with Crippen molar-refractivity contribution in [2.75, 3.05) is 0 Å². The summed E-state index contributed by atoms with van der Waals surface area (Å²) in [5.74, 6) is 0. The van der Waals surface area contributed by atoms with Gasteiger partial charge in [-0.15, -0.1) is 11.1 Å². The third kappa shape index (κ3) is 6.89. The molecule has 6 nitrogen and oxygen atoms in total. The molecule has 2 N–H and O–H groups in total. The number of aryl methyl sites for hydroxylation is 2. The average molecular weight is 533 g/mol. The predicted molar refractivity (Wildman–Crippen MR) is 79.7 cm³/mol. The minimum Gasteiger partial charge on any atom is -0.291 e. The Kier molecular flexibility index (Phi) is 8.25. The Bertz CT molecular complexity index is 787. The minimum atomic E-state index is -4.06. The zero-order valence-corrected chi connectivity index (χ0v) is 16.3. The van der Waals surface area contributed by atoms with Gasteiger partial charge in [0.15, 0.2) is 0 Å². The Morgan fingerprint density at radius 1 is 0.783 bits per heavy atom. The maximum Gasteiger partial charge on any atom is 2.00 e. The van der Waals surface area contributed by atoms with Crippen LogP contribution in [0.15, 0.2) is 46.2 Å². The van der Waals surface area contributed by atoms with E-state index in [-0.39, 0.29) is 29.6 Å². The quantitative estimate of drug-likeness (QED) is 0.453. The van der Waals surface area contributed by atoms with Gasteiger partial charge in [0.2, 0.25) is 20.2 Å². The van der Waals surface area contributed by atoms with Crippen LogP contribution in [0.3, 0.4) is 0 Å². The summed E-state index contributed by atoms with van der Waals surface area (Å²) in [5.41, 5.74) is 1.04. The van der Waals surface area contributed by atoms with E-state index in [1.807, 2.05) is 0 Å². The molecule has 0 aromatic heterocycles. The second-order valence-corrected chi connectivity index (χ2v) is 7.11. The molecule has 0 unspecified atom stereocenters. The van der Waals surface area contributed by atoms with E-state index in [0.717, 1.165) is 0 Å². The van der Waals surface area contributed by atoms with Crippen molar-refractivity contribution in [1.29, 1.82) is 0 Å². The molecule has 0 saturated carbocycles. The van der Waals surface area contributed by atoms with Crippen molar-refractivity contribution in [3.05, 3.63) is 59.7 Å². The molecular weight excluding hydrogens is 519 g/mol. The Labute approximate surface area is 149 Å². The maximum absolute atomic E-state index is 10.6. The normalized spacial score (nSPS) is 11.0. The van der Waals surface area contributed by atoms with E-state index in [9.17, 15) is 16.8 Å². The molecule has 0 fully saturated rings. The summed E-state index contributed by atoms with van der Waals surface area (Å²) < 4.78 is 59.6. The van der Waals surface area contributed by atoms with E-state index in [1.165, 1.54) is 12.1 Å². The molecule has 2 aromatic carbocycles. The second kappa shape index (κ2) is 8.67. The van der Waals surface area contributed by atoms with Gasteiger partial charge in [0.25, 0.3) is 0 Å². The molecule has 0 aliphatic heterocycles. The summed E-state index contributed by atoms with van der Waals surface area (Å²) >= 11 is 0. The van der Waals surface area contributed by atoms with Gasteiger partial charge in [-0.2, -0.15) is 48.5 Å². The summed E-state index contributed by atoms with van der Waals surface area (Å²) in [6.45, 7) is 3.22. The first-order valence-corrected chi connectivity index (χ1v) is 8.80. The molecule has 0 amide bonds. The van der Waals surface area contributed by atoms with Gasteiger partial charge >= 0.3 is 19.8 Å². The number of benzene rings is 2. The van der Waals surface area contributed by atoms with E-state index in [4.69, 9.17) is 9.11 Å². The molecule has 0 radical (unpaired) electrons. The van der Waals surface area contributed by atoms with Gasteiger partial charge in [-0.25, -0.2) is 16.8 Å². The van der Waals surface area contributed by atoms with Gasteiger partial charge < -0.3 is 0 Å². The van der Waals surface area contributed by atoms with Crippen LogP contribution < -0.4 is 0 Å². The van der Waals surface area contributed by atoms with Crippen LogP contribution in [0.4, 0.5) is 0 Å². The fourth-order valence-corrected chi connectivity index (χ4v) is 2.93. The van der Waals surface area contributed by atoms with Crippen molar-refractivity contribution in [3.8, 4) is 0 Å². The predicted octanol–water partition coefficient (Wildman–Crippen LogP) is 2.08. The molecule has 0 bridgehead atoms. The molecule has 0 atom stereocenters. The topological polar surface area (TPSA) is 109 Å². The van der Waals surface area contributed by atoms with E-state index < -0.39 is 20.2 Å². The van der Waals surface area contributed by atoms with Crippen molar-refractivity contribution < 1.29 is 45.7 Å². The molecular formula is C14H14O6OsS2. The SMILES string of the molecule is Cc1cc[c-]cc1S(=O)(=O)O.Cc1cc[c-]cc1S(=O)(=O)O.[Os+2]. The standard InChI is InChI=1S/2C7H7O3S.Os/c2*1-6-4-2-3-5-7(6)11(8,9)10;/h2*2,4-5H,1H3,(H,8,9,10);/q2*-1;+2. The molecule has 0 heterocycles. The van der Waals surface area contributed by atoms with E-state index in [2.05, 4.69) is 12.1 Å². The Balaban J connectivity index is 0.000000403. The van der Waals surface area contributed by atoms with Crippen LogP contribution in [0.1, 0.15) is 11.1 Å². The van der Waals surface area contributed by atoms with Crippen molar-refractivity contribution in [2.24, 2.45) is 0 Å². The first kappa shape index (κ1) is 21.9. The van der Waals surface area contributed by atoms with Crippen molar-refractivity contribution >= 4 is 20.2 Å². The molecule has 2 rings (SSSR count). The summed E-state index contributed by atoms with van der Waals surface area (Å²) in [6, 6.07) is 13.9. The first-order chi connectivity index (χ1) is 10.0. The van der Waals surface area contributed by atoms with Crippen molar-refractivity contribution in [2.45, 2.75) is 23.6 Å². The molecule has 0 saturated heterocycles. The monoisotopic (exact) mass is 534 g/mol. The summed E-state index contributed by atoms with van der Waals surface area (Å²) in [5, 5.41) is 0. The summed E-state index contributed by atoms with van der Waals surface area (Å²) in [7, 11) is -8.13. The van der Waals surface area contributed by atoms with Gasteiger partial charge in [-0.3, -0.25) is 9.11 Å². The molecule has 23 heavy (non-hydrogen) atoms. The van der Waals surface area contributed by atoms with Crippen LogP contribution in [0.5, 0.6) is 0 Å². The van der Waals surface area contributed by atoms with Crippen LogP contribution in [-0.4, -0.2) is 25.9 Å². The number of hydrogen-bond acceptors (Lipinski definition) is 4. The van der Waals surface area contributed by atoms with Crippen molar-refractivity contribution in [3.63, 3.8) is 0 Å². The molecule has 0 spiro atoms. The summed E-state index contributed by atoms with van der Waals surface area (Å²) in [4.78, 5) is -0.167. The molecule has 0 aliphatic rings. The van der Waals surface area contributed by atoms with Crippen LogP contribution >= 0.6 is 0 Å². The largest absolute Gasteiger partial charge is 2.00 e. The van der Waals surface area contributed by atoms with Crippen LogP contribution in [0, 0.1) is 26.0 Å². The first-order valence-electron chi connectivity index (χ1n) is 5.92. The smallest absolute Gasteiger partial charge is 0.291 e. The van der Waals surface area contributed by atoms with Crippen molar-refractivity contribution in [1.82, 2.24) is 0 Å². The maximum atomic E-state index is 10.6. The zero-order valence-electron chi connectivity index (χ0n) is 12.2. The van der Waals surface area contributed by atoms with Crippen LogP contribution in [0.2, 0.25) is 0 Å². The van der Waals surface area contributed by atoms with Crippen LogP contribution in [-0.2, 0) is 40.0 Å².